The van der Waals surface area contributed by atoms with Crippen LogP contribution in [0, 0.1) is 5.92 Å². The van der Waals surface area contributed by atoms with Crippen LogP contribution in [0.3, 0.4) is 0 Å². The Kier molecular flexibility index (Phi) is 2.67. The molecule has 1 aliphatic heterocycles. The quantitative estimate of drug-likeness (QED) is 0.856. The summed E-state index contributed by atoms with van der Waals surface area (Å²) in [6.45, 7) is 0.764. The third-order valence-electron chi connectivity index (χ3n) is 4.04. The summed E-state index contributed by atoms with van der Waals surface area (Å²) in [4.78, 5) is 6.53. The van der Waals surface area contributed by atoms with E-state index in [9.17, 15) is 0 Å². The standard InChI is InChI=1S/C13H19N3O/c1-16-10(6-9-7-12(9)16)4-5-17-11-2-3-13(14)15-8-11/h2-3,8-10,12H,4-7H2,1H3,(H2,14,15). The second-order valence-corrected chi connectivity index (χ2v) is 5.17. The number of aromatic nitrogens is 1. The summed E-state index contributed by atoms with van der Waals surface area (Å²) in [6, 6.07) is 5.23. The number of ether oxygens (including phenoxy) is 1. The predicted octanol–water partition coefficient (Wildman–Crippen LogP) is 1.53. The number of pyridine rings is 1. The topological polar surface area (TPSA) is 51.4 Å². The minimum atomic E-state index is 0.535. The molecule has 0 spiro atoms. The molecule has 0 aromatic carbocycles. The SMILES string of the molecule is CN1C(CCOc2ccc(N)nc2)CC2CC21. The summed E-state index contributed by atoms with van der Waals surface area (Å²) in [6.07, 6.45) is 5.55. The summed E-state index contributed by atoms with van der Waals surface area (Å²) in [7, 11) is 2.24. The highest BCUT2D eigenvalue weighted by atomic mass is 16.5. The predicted molar refractivity (Wildman–Crippen MR) is 66.8 cm³/mol. The van der Waals surface area contributed by atoms with Crippen molar-refractivity contribution in [2.75, 3.05) is 19.4 Å². The zero-order valence-corrected chi connectivity index (χ0v) is 10.2. The molecule has 1 saturated carbocycles. The molecule has 4 heteroatoms. The fourth-order valence-corrected chi connectivity index (χ4v) is 2.88. The van der Waals surface area contributed by atoms with Crippen molar-refractivity contribution >= 4 is 5.82 Å². The highest BCUT2D eigenvalue weighted by Gasteiger charge is 2.49. The van der Waals surface area contributed by atoms with Gasteiger partial charge < -0.3 is 15.4 Å². The third-order valence-corrected chi connectivity index (χ3v) is 4.04. The molecule has 92 valence electrons. The summed E-state index contributed by atoms with van der Waals surface area (Å²) in [5.74, 6) is 2.32. The van der Waals surface area contributed by atoms with Crippen molar-refractivity contribution < 1.29 is 4.74 Å². The first-order valence-corrected chi connectivity index (χ1v) is 6.30. The molecule has 1 aliphatic carbocycles. The molecular weight excluding hydrogens is 214 g/mol. The van der Waals surface area contributed by atoms with Crippen molar-refractivity contribution in [3.05, 3.63) is 18.3 Å². The zero-order chi connectivity index (χ0) is 11.8. The number of nitrogens with zero attached hydrogens (tertiary/aromatic N) is 2. The second-order valence-electron chi connectivity index (χ2n) is 5.17. The number of nitrogens with two attached hydrogens (primary N) is 1. The molecule has 3 atom stereocenters. The van der Waals surface area contributed by atoms with E-state index < -0.39 is 0 Å². The van der Waals surface area contributed by atoms with Crippen LogP contribution in [0.2, 0.25) is 0 Å². The Morgan fingerprint density at radius 1 is 1.47 bits per heavy atom. The van der Waals surface area contributed by atoms with Crippen LogP contribution in [0.25, 0.3) is 0 Å². The normalized spacial score (nSPS) is 31.2. The number of nitrogen functional groups attached to an aromatic ring is 1. The van der Waals surface area contributed by atoms with Crippen molar-refractivity contribution in [2.24, 2.45) is 5.92 Å². The number of anilines is 1. The van der Waals surface area contributed by atoms with Crippen LogP contribution < -0.4 is 10.5 Å². The average Bonchev–Trinajstić information content (AvgIpc) is 3.03. The first-order chi connectivity index (χ1) is 8.24. The summed E-state index contributed by atoms with van der Waals surface area (Å²) in [5.41, 5.74) is 5.52. The van der Waals surface area contributed by atoms with E-state index in [-0.39, 0.29) is 0 Å². The maximum atomic E-state index is 5.68. The van der Waals surface area contributed by atoms with Gasteiger partial charge >= 0.3 is 0 Å². The van der Waals surface area contributed by atoms with E-state index in [4.69, 9.17) is 10.5 Å². The Labute approximate surface area is 102 Å². The van der Waals surface area contributed by atoms with Gasteiger partial charge in [-0.05, 0) is 44.4 Å². The molecule has 0 bridgehead atoms. The maximum absolute atomic E-state index is 5.68. The minimum Gasteiger partial charge on any atom is -0.492 e. The van der Waals surface area contributed by atoms with E-state index in [2.05, 4.69) is 16.9 Å². The van der Waals surface area contributed by atoms with Gasteiger partial charge in [-0.15, -0.1) is 0 Å². The maximum Gasteiger partial charge on any atom is 0.137 e. The van der Waals surface area contributed by atoms with Crippen molar-refractivity contribution in [2.45, 2.75) is 31.3 Å². The molecule has 1 saturated heterocycles. The van der Waals surface area contributed by atoms with Gasteiger partial charge in [-0.1, -0.05) is 0 Å². The van der Waals surface area contributed by atoms with Gasteiger partial charge in [0.2, 0.25) is 0 Å². The zero-order valence-electron chi connectivity index (χ0n) is 10.2. The van der Waals surface area contributed by atoms with Crippen molar-refractivity contribution in [1.82, 2.24) is 9.88 Å². The Morgan fingerprint density at radius 3 is 3.00 bits per heavy atom. The molecule has 3 rings (SSSR count). The lowest BCUT2D eigenvalue weighted by atomic mass is 10.1. The molecule has 1 aromatic rings. The molecule has 2 heterocycles. The Hall–Kier alpha value is -1.29. The van der Waals surface area contributed by atoms with Crippen LogP contribution in [-0.4, -0.2) is 35.6 Å². The molecule has 0 amide bonds. The first kappa shape index (κ1) is 10.8. The number of fused-ring (bicyclic) bond motifs is 1. The highest BCUT2D eigenvalue weighted by Crippen LogP contribution is 2.47. The molecule has 2 aliphatic rings. The first-order valence-electron chi connectivity index (χ1n) is 6.30. The van der Waals surface area contributed by atoms with Crippen LogP contribution in [0.5, 0.6) is 5.75 Å². The lowest BCUT2D eigenvalue weighted by Crippen LogP contribution is -2.30. The fourth-order valence-electron chi connectivity index (χ4n) is 2.88. The van der Waals surface area contributed by atoms with Gasteiger partial charge in [0.25, 0.3) is 0 Å². The van der Waals surface area contributed by atoms with Gasteiger partial charge in [-0.2, -0.15) is 0 Å². The number of likely N-dealkylation sites (tertiary alicyclic amines) is 1. The monoisotopic (exact) mass is 233 g/mol. The Balaban J connectivity index is 1.44. The molecule has 0 radical (unpaired) electrons. The van der Waals surface area contributed by atoms with Gasteiger partial charge in [0.05, 0.1) is 12.8 Å². The average molecular weight is 233 g/mol. The molecule has 2 fully saturated rings. The molecule has 3 unspecified atom stereocenters. The summed E-state index contributed by atoms with van der Waals surface area (Å²) >= 11 is 0. The van der Waals surface area contributed by atoms with Crippen LogP contribution in [-0.2, 0) is 0 Å². The number of rotatable bonds is 4. The minimum absolute atomic E-state index is 0.535. The Morgan fingerprint density at radius 2 is 2.35 bits per heavy atom. The number of hydrogen-bond acceptors (Lipinski definition) is 4. The molecule has 4 nitrogen and oxygen atoms in total. The van der Waals surface area contributed by atoms with Gasteiger partial charge in [-0.3, -0.25) is 0 Å². The van der Waals surface area contributed by atoms with Crippen LogP contribution in [0.1, 0.15) is 19.3 Å². The summed E-state index contributed by atoms with van der Waals surface area (Å²) in [5, 5.41) is 0. The molecule has 2 N–H and O–H groups in total. The molecule has 17 heavy (non-hydrogen) atoms. The number of hydrogen-bond donors (Lipinski definition) is 1. The smallest absolute Gasteiger partial charge is 0.137 e. The lowest BCUT2D eigenvalue weighted by Gasteiger charge is -2.22. The van der Waals surface area contributed by atoms with Gasteiger partial charge in [-0.25, -0.2) is 4.98 Å². The van der Waals surface area contributed by atoms with Gasteiger partial charge in [0.15, 0.2) is 0 Å². The fraction of sp³-hybridized carbons (Fsp3) is 0.615. The van der Waals surface area contributed by atoms with Crippen LogP contribution >= 0.6 is 0 Å². The van der Waals surface area contributed by atoms with Crippen LogP contribution in [0.4, 0.5) is 5.82 Å². The van der Waals surface area contributed by atoms with Gasteiger partial charge in [0.1, 0.15) is 11.6 Å². The summed E-state index contributed by atoms with van der Waals surface area (Å²) < 4.78 is 5.68. The number of piperidine rings is 1. The highest BCUT2D eigenvalue weighted by molar-refractivity contribution is 5.32. The third kappa shape index (κ3) is 2.22. The van der Waals surface area contributed by atoms with E-state index in [0.717, 1.165) is 30.7 Å². The van der Waals surface area contributed by atoms with E-state index in [1.807, 2.05) is 6.07 Å². The van der Waals surface area contributed by atoms with E-state index in [0.29, 0.717) is 11.9 Å². The second kappa shape index (κ2) is 4.18. The van der Waals surface area contributed by atoms with E-state index in [1.165, 1.54) is 12.8 Å². The Bertz CT molecular complexity index is 392. The van der Waals surface area contributed by atoms with Crippen LogP contribution in [0.15, 0.2) is 18.3 Å². The van der Waals surface area contributed by atoms with Crippen molar-refractivity contribution in [3.8, 4) is 5.75 Å². The largest absolute Gasteiger partial charge is 0.492 e. The molecule has 1 aromatic heterocycles. The molecular formula is C13H19N3O. The van der Waals surface area contributed by atoms with E-state index in [1.54, 1.807) is 12.3 Å². The van der Waals surface area contributed by atoms with E-state index >= 15 is 0 Å². The van der Waals surface area contributed by atoms with Crippen molar-refractivity contribution in [3.63, 3.8) is 0 Å². The van der Waals surface area contributed by atoms with Crippen molar-refractivity contribution in [1.29, 1.82) is 0 Å². The van der Waals surface area contributed by atoms with Gasteiger partial charge in [0, 0.05) is 12.1 Å². The lowest BCUT2D eigenvalue weighted by molar-refractivity contribution is 0.210.